The van der Waals surface area contributed by atoms with Gasteiger partial charge in [0, 0.05) is 100 Å². The van der Waals surface area contributed by atoms with Crippen LogP contribution in [0.5, 0.6) is 17.2 Å². The lowest BCUT2D eigenvalue weighted by atomic mass is 9.87. The standard InChI is InChI=1S/C17H34N2O2.C16H34O2.C12H16O4.C10H14N2O3.C10H15NO2.C10H14O4.C9H16O6.C6H12N2O4.2C5H12O2/c20-14-12-18-8-4-16(5-9-18)2-1-3-17-6-10-19(11-7-17)13-15-21;1-2-3-4-5-6-7-8-9-10-11-12-13-14-16(18)15-17;1-12(2,15)11(14)9-3-5-10(6-4-9)16-8-7-13;13-7-5-12(6-8-14)10(15)9-1-3-11-4-2-9;12-8-6-11(7-9-13)10-4-2-1-3-5-10;11-5-7-13-9-3-1-2-4-10(9)14-8-6-12;1-3-14-7(12)9(5-10,6-11)8(13)15-4-2;9-3-1-7-5(11)6(12)8-2-4-10;1-5(2,3-6)4-7;6-4-2-1-3-5-7/h16-17,20-21H,1-15H2;16-18H,2-15H2,1H3;3-6,13,15H,7-8H2,1-2H3;1-4,13-14H,5-8H2;1-5,12-13H,6-9H2;1-4,11-12H,5-8H2;10-11H,3-6H2,1-2H3;9-10H,1-4H2,(H,7,11)(H,8,12);6-7H,3-4H2,1-2H3;6-7H,1-5H2. The maximum Gasteiger partial charge on any atom is 0.328 e. The number of likely N-dealkylation sites (tertiary alicyclic amines) is 2. The van der Waals surface area contributed by atoms with Crippen LogP contribution in [0.25, 0.3) is 0 Å². The third-order valence-corrected chi connectivity index (χ3v) is 21.0. The Morgan fingerprint density at radius 1 is 0.428 bits per heavy atom. The molecule has 0 aliphatic carbocycles. The van der Waals surface area contributed by atoms with Crippen LogP contribution in [-0.4, -0.2) is 399 Å². The van der Waals surface area contributed by atoms with Gasteiger partial charge in [0.2, 0.25) is 5.41 Å². The van der Waals surface area contributed by atoms with Crippen LogP contribution < -0.4 is 29.7 Å². The molecule has 2 fully saturated rings. The molecular weight excluding hydrogens is 1800 g/mol. The number of esters is 2. The largest absolute Gasteiger partial charge is 0.491 e. The van der Waals surface area contributed by atoms with Crippen LogP contribution in [0.1, 0.15) is 217 Å². The van der Waals surface area contributed by atoms with Crippen molar-refractivity contribution in [3.05, 3.63) is 115 Å². The maximum absolute atomic E-state index is 11.8. The van der Waals surface area contributed by atoms with Crippen LogP contribution in [-0.2, 0) is 28.7 Å². The molecule has 1 atom stereocenters. The molecule has 1 aromatic heterocycles. The molecule has 138 heavy (non-hydrogen) atoms. The quantitative estimate of drug-likeness (QED) is 0.00981. The molecule has 4 aromatic rings. The molecule has 0 bridgehead atoms. The summed E-state index contributed by atoms with van der Waals surface area (Å²) in [6, 6.07) is 26.5. The van der Waals surface area contributed by atoms with E-state index in [1.807, 2.05) is 47.4 Å². The Kier molecular flexibility index (Phi) is 93.0. The zero-order valence-electron chi connectivity index (χ0n) is 83.7. The maximum atomic E-state index is 11.8. The Hall–Kier alpha value is -7.85. The van der Waals surface area contributed by atoms with Crippen molar-refractivity contribution in [2.75, 3.05) is 235 Å². The molecule has 3 aromatic carbocycles. The molecule has 2 aliphatic heterocycles. The van der Waals surface area contributed by atoms with Crippen molar-refractivity contribution >= 4 is 41.1 Å². The summed E-state index contributed by atoms with van der Waals surface area (Å²) in [5.41, 5.74) is -1.71. The number of ether oxygens (including phenoxy) is 5. The van der Waals surface area contributed by atoms with Crippen LogP contribution in [0, 0.1) is 22.7 Å². The molecule has 0 spiro atoms. The van der Waals surface area contributed by atoms with Gasteiger partial charge in [-0.05, 0) is 178 Å². The number of hydrogen-bond acceptors (Lipinski definition) is 35. The van der Waals surface area contributed by atoms with Crippen molar-refractivity contribution in [2.24, 2.45) is 22.7 Å². The lowest BCUT2D eigenvalue weighted by Gasteiger charge is -2.33. The normalized spacial score (nSPS) is 12.7. The van der Waals surface area contributed by atoms with Crippen molar-refractivity contribution in [1.29, 1.82) is 0 Å². The van der Waals surface area contributed by atoms with Crippen molar-refractivity contribution in [3.63, 3.8) is 0 Å². The number of carbonyl (C=O) groups is 6. The smallest absolute Gasteiger partial charge is 0.328 e. The number of aliphatic hydroxyl groups excluding tert-OH is 19. The minimum Gasteiger partial charge on any atom is -0.491 e. The minimum atomic E-state index is -2.01. The number of aromatic nitrogens is 1. The number of Topliss-reactive ketones (excluding diaryl/α,β-unsaturated/α-hetero) is 1. The number of amides is 3. The van der Waals surface area contributed by atoms with E-state index in [9.17, 15) is 33.9 Å². The van der Waals surface area contributed by atoms with Gasteiger partial charge in [0.1, 0.15) is 31.2 Å². The fourth-order valence-electron chi connectivity index (χ4n) is 12.9. The van der Waals surface area contributed by atoms with E-state index in [1.54, 1.807) is 76.2 Å². The van der Waals surface area contributed by atoms with E-state index in [0.717, 1.165) is 62.7 Å². The van der Waals surface area contributed by atoms with Gasteiger partial charge < -0.3 is 156 Å². The first-order chi connectivity index (χ1) is 66.5. The van der Waals surface area contributed by atoms with Gasteiger partial charge >= 0.3 is 23.8 Å². The Labute approximate surface area is 820 Å². The summed E-state index contributed by atoms with van der Waals surface area (Å²) < 4.78 is 24.8. The molecular formula is C100H179N7O31. The molecule has 22 N–H and O–H groups in total. The average Bonchev–Trinajstić information content (AvgIpc) is 0.818. The van der Waals surface area contributed by atoms with E-state index in [-0.39, 0.29) is 169 Å². The summed E-state index contributed by atoms with van der Waals surface area (Å²) in [5.74, 6) is -0.520. The Morgan fingerprint density at radius 2 is 0.819 bits per heavy atom. The molecule has 38 nitrogen and oxygen atoms in total. The number of ketones is 1. The predicted molar refractivity (Wildman–Crippen MR) is 530 cm³/mol. The van der Waals surface area contributed by atoms with Gasteiger partial charge in [0.25, 0.3) is 5.91 Å². The second-order valence-corrected chi connectivity index (χ2v) is 33.6. The molecule has 2 saturated heterocycles. The number of pyridine rings is 1. The fourth-order valence-corrected chi connectivity index (χ4v) is 12.9. The SMILES string of the molecule is CC(C)(CO)CO.CC(C)(O)C(=O)c1ccc(OCCO)cc1.CCCCCCCCCCCCCCC(O)CO.CCOC(=O)C(CO)(CO)C(=O)OCC.O=C(NCCO)C(=O)NCCO.O=C(c1ccncc1)N(CCO)CCO.OCCCCCO.OCCN(CCO)c1ccccc1.OCCN1CCC(CCCC2CCN(CCO)CC2)CC1.OCCOc1ccccc1OCCO. The highest BCUT2D eigenvalue weighted by Gasteiger charge is 2.48. The van der Waals surface area contributed by atoms with E-state index in [0.29, 0.717) is 54.7 Å². The number of para-hydroxylation sites is 3. The highest BCUT2D eigenvalue weighted by atomic mass is 16.6. The molecule has 2 aliphatic rings. The van der Waals surface area contributed by atoms with Crippen molar-refractivity contribution in [1.82, 2.24) is 30.3 Å². The first kappa shape index (κ1) is 136. The topological polar surface area (TPSA) is 603 Å². The van der Waals surface area contributed by atoms with Gasteiger partial charge in [-0.1, -0.05) is 147 Å². The van der Waals surface area contributed by atoms with Crippen LogP contribution in [0.15, 0.2) is 103 Å². The monoisotopic (exact) mass is 1970 g/mol. The number of aliphatic hydroxyl groups is 20. The van der Waals surface area contributed by atoms with Gasteiger partial charge in [0.15, 0.2) is 17.3 Å². The summed E-state index contributed by atoms with van der Waals surface area (Å²) in [6.07, 6.45) is 31.5. The number of nitrogens with one attached hydrogen (secondary N) is 2. The van der Waals surface area contributed by atoms with E-state index < -0.39 is 54.1 Å². The number of hydrogen-bond donors (Lipinski definition) is 22. The summed E-state index contributed by atoms with van der Waals surface area (Å²) >= 11 is 0. The number of piperidine rings is 2. The average molecular weight is 1980 g/mol. The van der Waals surface area contributed by atoms with Gasteiger partial charge in [-0.2, -0.15) is 0 Å². The van der Waals surface area contributed by atoms with Crippen molar-refractivity contribution in [3.8, 4) is 17.2 Å². The van der Waals surface area contributed by atoms with Crippen LogP contribution in [0.2, 0.25) is 0 Å². The summed E-state index contributed by atoms with van der Waals surface area (Å²) in [5, 5.41) is 178. The third-order valence-electron chi connectivity index (χ3n) is 21.0. The molecule has 6 rings (SSSR count). The Bertz CT molecular complexity index is 3310. The van der Waals surface area contributed by atoms with Crippen LogP contribution in [0.4, 0.5) is 5.69 Å². The molecule has 3 heterocycles. The predicted octanol–water partition coefficient (Wildman–Crippen LogP) is 3.85. The zero-order valence-corrected chi connectivity index (χ0v) is 83.7. The Morgan fingerprint density at radius 3 is 1.16 bits per heavy atom. The zero-order chi connectivity index (χ0) is 104. The number of unbranched alkanes of at least 4 members (excludes halogenated alkanes) is 13. The summed E-state index contributed by atoms with van der Waals surface area (Å²) in [6.45, 7) is 19.7. The molecule has 800 valence electrons. The molecule has 0 radical (unpaired) electrons. The van der Waals surface area contributed by atoms with Crippen LogP contribution >= 0.6 is 0 Å². The van der Waals surface area contributed by atoms with Crippen molar-refractivity contribution < 1.29 is 155 Å². The molecule has 0 saturated carbocycles. The lowest BCUT2D eigenvalue weighted by Crippen LogP contribution is -2.48. The van der Waals surface area contributed by atoms with E-state index >= 15 is 0 Å². The lowest BCUT2D eigenvalue weighted by molar-refractivity contribution is -0.178. The van der Waals surface area contributed by atoms with Gasteiger partial charge in [-0.15, -0.1) is 0 Å². The van der Waals surface area contributed by atoms with Crippen LogP contribution in [0.3, 0.4) is 0 Å². The summed E-state index contributed by atoms with van der Waals surface area (Å²) in [7, 11) is 0. The van der Waals surface area contributed by atoms with Gasteiger partial charge in [-0.3, -0.25) is 33.8 Å². The second-order valence-electron chi connectivity index (χ2n) is 33.6. The first-order valence-electron chi connectivity index (χ1n) is 48.8. The summed E-state index contributed by atoms with van der Waals surface area (Å²) in [4.78, 5) is 79.6. The first-order valence-corrected chi connectivity index (χ1v) is 48.8. The number of benzene rings is 3. The van der Waals surface area contributed by atoms with Gasteiger partial charge in [-0.25, -0.2) is 0 Å². The fraction of sp³-hybridized carbons (Fsp3) is 0.710. The number of anilines is 1. The number of rotatable bonds is 59. The molecule has 3 amide bonds. The second kappa shape index (κ2) is 94.1. The van der Waals surface area contributed by atoms with Gasteiger partial charge in [0.05, 0.1) is 125 Å². The minimum absolute atomic E-state index is 0.0334. The molecule has 1 unspecified atom stereocenters. The van der Waals surface area contributed by atoms with Crippen molar-refractivity contribution in [2.45, 2.75) is 208 Å². The van der Waals surface area contributed by atoms with E-state index in [1.165, 1.54) is 173 Å². The highest BCUT2D eigenvalue weighted by Crippen LogP contribution is 2.29. The van der Waals surface area contributed by atoms with E-state index in [2.05, 4.69) is 41.8 Å². The number of carbonyl (C=O) groups excluding carboxylic acids is 6. The Balaban J connectivity index is -0.000000732. The van der Waals surface area contributed by atoms with E-state index in [4.69, 9.17) is 111 Å². The highest BCUT2D eigenvalue weighted by molar-refractivity contribution is 6.35. The number of β-amino-alcohol motifs (C(OH)–C–C–N with tert-alkyl or cyclic N) is 2. The molecule has 38 heteroatoms. The number of nitrogens with zero attached hydrogens (tertiary/aromatic N) is 5. The third kappa shape index (κ3) is 72.4.